The number of methoxy groups -OCH3 is 2. The number of nitrogens with zero attached hydrogens (tertiary/aromatic N) is 2. The highest BCUT2D eigenvalue weighted by molar-refractivity contribution is 9.10. The first-order valence-electron chi connectivity index (χ1n) is 9.99. The van der Waals surface area contributed by atoms with E-state index in [0.717, 1.165) is 42.2 Å². The van der Waals surface area contributed by atoms with E-state index in [-0.39, 0.29) is 0 Å². The highest BCUT2D eigenvalue weighted by atomic mass is 79.9. The van der Waals surface area contributed by atoms with E-state index in [2.05, 4.69) is 81.2 Å². The molecule has 4 rings (SSSR count). The predicted octanol–water partition coefficient (Wildman–Crippen LogP) is 5.50. The zero-order valence-corrected chi connectivity index (χ0v) is 18.8. The van der Waals surface area contributed by atoms with Crippen LogP contribution in [-0.2, 0) is 0 Å². The van der Waals surface area contributed by atoms with Gasteiger partial charge >= 0.3 is 0 Å². The summed E-state index contributed by atoms with van der Waals surface area (Å²) in [5.41, 5.74) is 2.58. The molecule has 152 valence electrons. The SMILES string of the molecule is COc1ccc2cc(C(C)N3CCN(c4ccc(Br)c(OC)c4)CC3)ccc2c1. The molecule has 1 aliphatic heterocycles. The van der Waals surface area contributed by atoms with Crippen LogP contribution in [0.15, 0.2) is 59.1 Å². The number of ether oxygens (including phenoxy) is 2. The van der Waals surface area contributed by atoms with Crippen molar-refractivity contribution in [1.82, 2.24) is 4.90 Å². The second-order valence-electron chi connectivity index (χ2n) is 7.49. The summed E-state index contributed by atoms with van der Waals surface area (Å²) in [4.78, 5) is 5.00. The minimum atomic E-state index is 0.392. The molecule has 3 aromatic rings. The van der Waals surface area contributed by atoms with Gasteiger partial charge in [0.25, 0.3) is 0 Å². The fraction of sp³-hybridized carbons (Fsp3) is 0.333. The first-order chi connectivity index (χ1) is 14.1. The maximum absolute atomic E-state index is 5.45. The molecule has 0 amide bonds. The molecule has 4 nitrogen and oxygen atoms in total. The molecule has 1 heterocycles. The van der Waals surface area contributed by atoms with Gasteiger partial charge in [-0.1, -0.05) is 18.2 Å². The smallest absolute Gasteiger partial charge is 0.135 e. The molecular weight excluding hydrogens is 428 g/mol. The highest BCUT2D eigenvalue weighted by Gasteiger charge is 2.23. The number of fused-ring (bicyclic) bond motifs is 1. The molecule has 0 radical (unpaired) electrons. The molecule has 0 saturated carbocycles. The molecular formula is C24H27BrN2O2. The van der Waals surface area contributed by atoms with Gasteiger partial charge in [-0.3, -0.25) is 4.90 Å². The second kappa shape index (κ2) is 8.64. The van der Waals surface area contributed by atoms with Gasteiger partial charge in [0.15, 0.2) is 0 Å². The zero-order chi connectivity index (χ0) is 20.4. The average Bonchev–Trinajstić information content (AvgIpc) is 2.78. The van der Waals surface area contributed by atoms with Crippen molar-refractivity contribution in [2.75, 3.05) is 45.3 Å². The molecule has 3 aromatic carbocycles. The number of anilines is 1. The van der Waals surface area contributed by atoms with Gasteiger partial charge < -0.3 is 14.4 Å². The molecule has 5 heteroatoms. The average molecular weight is 455 g/mol. The standard InChI is InChI=1S/C24H27BrN2O2/c1-17(18-4-5-20-15-22(28-2)8-6-19(20)14-18)26-10-12-27(13-11-26)21-7-9-23(25)24(16-21)29-3/h4-9,14-17H,10-13H2,1-3H3. The van der Waals surface area contributed by atoms with Gasteiger partial charge in [0.2, 0.25) is 0 Å². The Bertz CT molecular complexity index is 999. The van der Waals surface area contributed by atoms with Gasteiger partial charge in [0.1, 0.15) is 11.5 Å². The molecule has 1 unspecified atom stereocenters. The Morgan fingerprint density at radius 1 is 0.828 bits per heavy atom. The van der Waals surface area contributed by atoms with E-state index in [0.29, 0.717) is 6.04 Å². The summed E-state index contributed by atoms with van der Waals surface area (Å²) >= 11 is 3.54. The minimum Gasteiger partial charge on any atom is -0.497 e. The van der Waals surface area contributed by atoms with Gasteiger partial charge in [-0.25, -0.2) is 0 Å². The normalized spacial score (nSPS) is 16.1. The van der Waals surface area contributed by atoms with Crippen LogP contribution in [0.4, 0.5) is 5.69 Å². The molecule has 0 spiro atoms. The molecule has 0 aromatic heterocycles. The van der Waals surface area contributed by atoms with Crippen LogP contribution in [0.5, 0.6) is 11.5 Å². The third kappa shape index (κ3) is 4.21. The Morgan fingerprint density at radius 2 is 1.55 bits per heavy atom. The summed E-state index contributed by atoms with van der Waals surface area (Å²) < 4.78 is 11.8. The van der Waals surface area contributed by atoms with E-state index in [1.54, 1.807) is 14.2 Å². The third-order valence-corrected chi connectivity index (χ3v) is 6.57. The lowest BCUT2D eigenvalue weighted by molar-refractivity contribution is 0.198. The Hall–Kier alpha value is -2.24. The molecule has 1 aliphatic rings. The van der Waals surface area contributed by atoms with Crippen LogP contribution in [0, 0.1) is 0 Å². The van der Waals surface area contributed by atoms with E-state index in [1.165, 1.54) is 22.0 Å². The van der Waals surface area contributed by atoms with E-state index in [9.17, 15) is 0 Å². The third-order valence-electron chi connectivity index (χ3n) is 5.92. The summed E-state index contributed by atoms with van der Waals surface area (Å²) in [5, 5.41) is 2.48. The first-order valence-corrected chi connectivity index (χ1v) is 10.8. The van der Waals surface area contributed by atoms with Crippen LogP contribution in [0.25, 0.3) is 10.8 Å². The van der Waals surface area contributed by atoms with Crippen molar-refractivity contribution in [1.29, 1.82) is 0 Å². The van der Waals surface area contributed by atoms with E-state index >= 15 is 0 Å². The summed E-state index contributed by atoms with van der Waals surface area (Å²) in [7, 11) is 3.42. The van der Waals surface area contributed by atoms with Crippen LogP contribution in [0.3, 0.4) is 0 Å². The second-order valence-corrected chi connectivity index (χ2v) is 8.34. The maximum Gasteiger partial charge on any atom is 0.135 e. The number of benzene rings is 3. The number of piperazine rings is 1. The van der Waals surface area contributed by atoms with E-state index in [4.69, 9.17) is 9.47 Å². The van der Waals surface area contributed by atoms with Crippen molar-refractivity contribution >= 4 is 32.4 Å². The maximum atomic E-state index is 5.45. The lowest BCUT2D eigenvalue weighted by atomic mass is 10.0. The summed E-state index contributed by atoms with van der Waals surface area (Å²) in [6.45, 7) is 6.42. The molecule has 0 aliphatic carbocycles. The van der Waals surface area contributed by atoms with Crippen molar-refractivity contribution in [2.24, 2.45) is 0 Å². The number of hydrogen-bond acceptors (Lipinski definition) is 4. The van der Waals surface area contributed by atoms with Gasteiger partial charge in [0, 0.05) is 44.0 Å². The first kappa shape index (κ1) is 20.0. The monoisotopic (exact) mass is 454 g/mol. The lowest BCUT2D eigenvalue weighted by Crippen LogP contribution is -2.47. The lowest BCUT2D eigenvalue weighted by Gasteiger charge is -2.39. The minimum absolute atomic E-state index is 0.392. The number of halogens is 1. The van der Waals surface area contributed by atoms with Crippen LogP contribution < -0.4 is 14.4 Å². The fourth-order valence-corrected chi connectivity index (χ4v) is 4.46. The number of hydrogen-bond donors (Lipinski definition) is 0. The van der Waals surface area contributed by atoms with E-state index in [1.807, 2.05) is 6.07 Å². The molecule has 29 heavy (non-hydrogen) atoms. The van der Waals surface area contributed by atoms with Gasteiger partial charge in [-0.05, 0) is 69.5 Å². The van der Waals surface area contributed by atoms with Gasteiger partial charge in [-0.15, -0.1) is 0 Å². The van der Waals surface area contributed by atoms with Gasteiger partial charge in [0.05, 0.1) is 18.7 Å². The van der Waals surface area contributed by atoms with Crippen molar-refractivity contribution in [3.05, 3.63) is 64.6 Å². The largest absolute Gasteiger partial charge is 0.497 e. The van der Waals surface area contributed by atoms with Crippen LogP contribution in [0.2, 0.25) is 0 Å². The van der Waals surface area contributed by atoms with Crippen LogP contribution in [-0.4, -0.2) is 45.3 Å². The van der Waals surface area contributed by atoms with Gasteiger partial charge in [-0.2, -0.15) is 0 Å². The Morgan fingerprint density at radius 3 is 2.28 bits per heavy atom. The fourth-order valence-electron chi connectivity index (χ4n) is 4.05. The van der Waals surface area contributed by atoms with Crippen molar-refractivity contribution < 1.29 is 9.47 Å². The Labute approximate surface area is 181 Å². The summed E-state index contributed by atoms with van der Waals surface area (Å²) in [6.07, 6.45) is 0. The Balaban J connectivity index is 1.45. The summed E-state index contributed by atoms with van der Waals surface area (Å²) in [6, 6.07) is 19.7. The molecule has 0 N–H and O–H groups in total. The molecule has 1 atom stereocenters. The zero-order valence-electron chi connectivity index (χ0n) is 17.2. The van der Waals surface area contributed by atoms with Crippen LogP contribution in [0.1, 0.15) is 18.5 Å². The summed E-state index contributed by atoms with van der Waals surface area (Å²) in [5.74, 6) is 1.78. The Kier molecular flexibility index (Phi) is 5.97. The molecule has 0 bridgehead atoms. The molecule has 1 fully saturated rings. The molecule has 1 saturated heterocycles. The van der Waals surface area contributed by atoms with E-state index < -0.39 is 0 Å². The van der Waals surface area contributed by atoms with Crippen molar-refractivity contribution in [2.45, 2.75) is 13.0 Å². The predicted molar refractivity (Wildman–Crippen MR) is 123 cm³/mol. The quantitative estimate of drug-likeness (QED) is 0.507. The highest BCUT2D eigenvalue weighted by Crippen LogP contribution is 2.32. The van der Waals surface area contributed by atoms with Crippen molar-refractivity contribution in [3.8, 4) is 11.5 Å². The topological polar surface area (TPSA) is 24.9 Å². The number of rotatable bonds is 5. The van der Waals surface area contributed by atoms with Crippen molar-refractivity contribution in [3.63, 3.8) is 0 Å². The van der Waals surface area contributed by atoms with Crippen LogP contribution >= 0.6 is 15.9 Å².